The fourth-order valence-electron chi connectivity index (χ4n) is 3.01. The molecule has 0 spiro atoms. The Morgan fingerprint density at radius 1 is 0.889 bits per heavy atom. The predicted octanol–water partition coefficient (Wildman–Crippen LogP) is 4.15. The van der Waals surface area contributed by atoms with Crippen LogP contribution in [-0.4, -0.2) is 14.1 Å². The first-order valence-corrected chi connectivity index (χ1v) is 8.87. The number of aromatic nitrogens is 3. The summed E-state index contributed by atoms with van der Waals surface area (Å²) in [5.74, 6) is 0. The smallest absolute Gasteiger partial charge is 0.268 e. The highest BCUT2D eigenvalue weighted by Gasteiger charge is 2.16. The maximum absolute atomic E-state index is 13.3. The molecule has 0 unspecified atom stereocenters. The Hall–Kier alpha value is -2.89. The zero-order chi connectivity index (χ0) is 19.1. The van der Waals surface area contributed by atoms with Crippen LogP contribution in [0.5, 0.6) is 0 Å². The van der Waals surface area contributed by atoms with E-state index in [9.17, 15) is 9.59 Å². The quantitative estimate of drug-likeness (QED) is 0.510. The van der Waals surface area contributed by atoms with E-state index < -0.39 is 11.2 Å². The summed E-state index contributed by atoms with van der Waals surface area (Å²) in [5.41, 5.74) is 1.40. The van der Waals surface area contributed by atoms with Gasteiger partial charge >= 0.3 is 5.69 Å². The number of hydrogen-bond acceptors (Lipinski definition) is 3. The molecule has 0 amide bonds. The second-order valence-corrected chi connectivity index (χ2v) is 6.90. The highest BCUT2D eigenvalue weighted by atomic mass is 35.5. The van der Waals surface area contributed by atoms with Crippen molar-refractivity contribution in [3.05, 3.63) is 97.4 Å². The third-order valence-electron chi connectivity index (χ3n) is 4.27. The number of benzene rings is 2. The van der Waals surface area contributed by atoms with Gasteiger partial charge in [0.15, 0.2) is 0 Å². The van der Waals surface area contributed by atoms with Gasteiger partial charge in [-0.3, -0.25) is 14.3 Å². The van der Waals surface area contributed by atoms with Gasteiger partial charge in [0.1, 0.15) is 0 Å². The summed E-state index contributed by atoms with van der Waals surface area (Å²) in [5, 5.41) is 1.12. The van der Waals surface area contributed by atoms with E-state index in [4.69, 9.17) is 23.2 Å². The van der Waals surface area contributed by atoms with Crippen LogP contribution in [0.3, 0.4) is 0 Å². The van der Waals surface area contributed by atoms with Crippen molar-refractivity contribution in [2.24, 2.45) is 0 Å². The summed E-state index contributed by atoms with van der Waals surface area (Å²) in [6, 6.07) is 13.6. The van der Waals surface area contributed by atoms with Gasteiger partial charge in [-0.25, -0.2) is 9.36 Å². The second kappa shape index (κ2) is 6.68. The molecule has 134 valence electrons. The SMILES string of the molecule is Cc1ccc2c(c1)c(=O)n(-c1cccnc1)c(=O)n2-c1ccc(Cl)c(Cl)c1. The van der Waals surface area contributed by atoms with E-state index in [1.165, 1.54) is 10.8 Å². The minimum Gasteiger partial charge on any atom is -0.268 e. The second-order valence-electron chi connectivity index (χ2n) is 6.09. The number of fused-ring (bicyclic) bond motifs is 1. The van der Waals surface area contributed by atoms with Crippen LogP contribution in [-0.2, 0) is 0 Å². The number of aryl methyl sites for hydroxylation is 1. The molecule has 0 bridgehead atoms. The molecule has 0 aliphatic carbocycles. The van der Waals surface area contributed by atoms with E-state index in [0.29, 0.717) is 32.3 Å². The highest BCUT2D eigenvalue weighted by Crippen LogP contribution is 2.25. The maximum Gasteiger partial charge on any atom is 0.340 e. The molecule has 0 aliphatic heterocycles. The molecule has 2 aromatic carbocycles. The first kappa shape index (κ1) is 17.5. The van der Waals surface area contributed by atoms with Crippen molar-refractivity contribution in [1.29, 1.82) is 0 Å². The van der Waals surface area contributed by atoms with Crippen LogP contribution in [0.4, 0.5) is 0 Å². The van der Waals surface area contributed by atoms with Crippen LogP contribution in [0, 0.1) is 6.92 Å². The lowest BCUT2D eigenvalue weighted by molar-refractivity contribution is 0.830. The minimum absolute atomic E-state index is 0.320. The number of halogens is 2. The zero-order valence-electron chi connectivity index (χ0n) is 14.2. The van der Waals surface area contributed by atoms with Crippen LogP contribution in [0.2, 0.25) is 10.0 Å². The lowest BCUT2D eigenvalue weighted by Crippen LogP contribution is -2.38. The Morgan fingerprint density at radius 3 is 2.41 bits per heavy atom. The summed E-state index contributed by atoms with van der Waals surface area (Å²) in [7, 11) is 0. The van der Waals surface area contributed by atoms with Crippen LogP contribution >= 0.6 is 23.2 Å². The molecule has 7 heteroatoms. The normalized spacial score (nSPS) is 11.1. The fourth-order valence-corrected chi connectivity index (χ4v) is 3.31. The first-order valence-electron chi connectivity index (χ1n) is 8.11. The van der Waals surface area contributed by atoms with E-state index in [0.717, 1.165) is 10.1 Å². The lowest BCUT2D eigenvalue weighted by Gasteiger charge is -2.15. The topological polar surface area (TPSA) is 56.9 Å². The Morgan fingerprint density at radius 2 is 1.70 bits per heavy atom. The van der Waals surface area contributed by atoms with Gasteiger partial charge in [0, 0.05) is 6.20 Å². The molecule has 27 heavy (non-hydrogen) atoms. The third-order valence-corrected chi connectivity index (χ3v) is 5.01. The van der Waals surface area contributed by atoms with Gasteiger partial charge in [0.2, 0.25) is 0 Å². The van der Waals surface area contributed by atoms with Crippen LogP contribution < -0.4 is 11.2 Å². The largest absolute Gasteiger partial charge is 0.340 e. The number of nitrogens with zero attached hydrogens (tertiary/aromatic N) is 3. The van der Waals surface area contributed by atoms with Crippen molar-refractivity contribution < 1.29 is 0 Å². The van der Waals surface area contributed by atoms with E-state index >= 15 is 0 Å². The first-order chi connectivity index (χ1) is 13.0. The summed E-state index contributed by atoms with van der Waals surface area (Å²) < 4.78 is 2.56. The van der Waals surface area contributed by atoms with Crippen LogP contribution in [0.1, 0.15) is 5.56 Å². The average molecular weight is 398 g/mol. The van der Waals surface area contributed by atoms with E-state index in [2.05, 4.69) is 4.98 Å². The monoisotopic (exact) mass is 397 g/mol. The molecular formula is C20H13Cl2N3O2. The highest BCUT2D eigenvalue weighted by molar-refractivity contribution is 6.42. The van der Waals surface area contributed by atoms with E-state index in [1.807, 2.05) is 13.0 Å². The molecule has 0 radical (unpaired) electrons. The van der Waals surface area contributed by atoms with Crippen molar-refractivity contribution in [2.75, 3.05) is 0 Å². The predicted molar refractivity (Wildman–Crippen MR) is 108 cm³/mol. The Kier molecular flexibility index (Phi) is 4.34. The van der Waals surface area contributed by atoms with Crippen molar-refractivity contribution in [1.82, 2.24) is 14.1 Å². The summed E-state index contributed by atoms with van der Waals surface area (Å²) in [4.78, 5) is 30.4. The number of pyridine rings is 1. The van der Waals surface area contributed by atoms with Crippen molar-refractivity contribution >= 4 is 34.1 Å². The summed E-state index contributed by atoms with van der Waals surface area (Å²) in [6.45, 7) is 1.89. The van der Waals surface area contributed by atoms with E-state index in [-0.39, 0.29) is 0 Å². The molecule has 0 fully saturated rings. The Bertz CT molecular complexity index is 1290. The van der Waals surface area contributed by atoms with Crippen molar-refractivity contribution in [2.45, 2.75) is 6.92 Å². The van der Waals surface area contributed by atoms with Gasteiger partial charge in [0.05, 0.1) is 38.5 Å². The molecule has 2 heterocycles. The van der Waals surface area contributed by atoms with Gasteiger partial charge in [0.25, 0.3) is 5.56 Å². The van der Waals surface area contributed by atoms with Crippen LogP contribution in [0.15, 0.2) is 70.5 Å². The molecule has 4 rings (SSSR count). The van der Waals surface area contributed by atoms with Gasteiger partial charge in [-0.05, 0) is 49.4 Å². The molecule has 0 atom stereocenters. The molecule has 5 nitrogen and oxygen atoms in total. The lowest BCUT2D eigenvalue weighted by atomic mass is 10.1. The number of hydrogen-bond donors (Lipinski definition) is 0. The zero-order valence-corrected chi connectivity index (χ0v) is 15.7. The van der Waals surface area contributed by atoms with Gasteiger partial charge < -0.3 is 0 Å². The molecule has 4 aromatic rings. The van der Waals surface area contributed by atoms with Crippen molar-refractivity contribution in [3.63, 3.8) is 0 Å². The molecule has 2 aromatic heterocycles. The molecular weight excluding hydrogens is 385 g/mol. The van der Waals surface area contributed by atoms with Gasteiger partial charge in [-0.2, -0.15) is 0 Å². The van der Waals surface area contributed by atoms with Gasteiger partial charge in [-0.15, -0.1) is 0 Å². The maximum atomic E-state index is 13.3. The third kappa shape index (κ3) is 2.95. The molecule has 0 aliphatic rings. The molecule has 0 saturated carbocycles. The number of rotatable bonds is 2. The molecule has 0 saturated heterocycles. The fraction of sp³-hybridized carbons (Fsp3) is 0.0500. The standard InChI is InChI=1S/C20H13Cl2N3O2/c1-12-4-7-18-15(9-12)19(26)25(14-3-2-8-23-11-14)20(27)24(18)13-5-6-16(21)17(22)10-13/h2-11H,1H3. The summed E-state index contributed by atoms with van der Waals surface area (Å²) in [6.07, 6.45) is 3.06. The average Bonchev–Trinajstić information content (AvgIpc) is 2.66. The van der Waals surface area contributed by atoms with Gasteiger partial charge in [-0.1, -0.05) is 34.8 Å². The molecule has 0 N–H and O–H groups in total. The van der Waals surface area contributed by atoms with Crippen LogP contribution in [0.25, 0.3) is 22.3 Å². The van der Waals surface area contributed by atoms with Crippen molar-refractivity contribution in [3.8, 4) is 11.4 Å². The minimum atomic E-state index is -0.511. The summed E-state index contributed by atoms with van der Waals surface area (Å²) >= 11 is 12.2. The van der Waals surface area contributed by atoms with E-state index in [1.54, 1.807) is 48.7 Å². The Labute approximate surface area is 164 Å². The Balaban J connectivity index is 2.19.